The van der Waals surface area contributed by atoms with Crippen molar-refractivity contribution in [1.82, 2.24) is 15.4 Å². The van der Waals surface area contributed by atoms with E-state index in [1.54, 1.807) is 12.1 Å². The first kappa shape index (κ1) is 17.9. The number of aromatic nitrogens is 1. The lowest BCUT2D eigenvalue weighted by Gasteiger charge is -2.38. The van der Waals surface area contributed by atoms with Crippen LogP contribution in [0.2, 0.25) is 0 Å². The highest BCUT2D eigenvalue weighted by Crippen LogP contribution is 2.36. The van der Waals surface area contributed by atoms with E-state index in [4.69, 9.17) is 9.26 Å². The van der Waals surface area contributed by atoms with Gasteiger partial charge in [0.1, 0.15) is 23.4 Å². The van der Waals surface area contributed by atoms with Gasteiger partial charge in [-0.2, -0.15) is 0 Å². The monoisotopic (exact) mass is 393 g/mol. The van der Waals surface area contributed by atoms with Gasteiger partial charge in [0.25, 0.3) is 5.91 Å². The van der Waals surface area contributed by atoms with Gasteiger partial charge in [0.05, 0.1) is 5.69 Å². The molecule has 148 valence electrons. The third-order valence-corrected chi connectivity index (χ3v) is 5.32. The first-order valence-electron chi connectivity index (χ1n) is 9.57. The highest BCUT2D eigenvalue weighted by Gasteiger charge is 2.31. The van der Waals surface area contributed by atoms with Crippen LogP contribution in [-0.2, 0) is 13.1 Å². The molecule has 3 heterocycles. The first-order valence-corrected chi connectivity index (χ1v) is 9.57. The quantitative estimate of drug-likeness (QED) is 0.721. The molecule has 1 saturated heterocycles. The molecular weight excluding hydrogens is 373 g/mol. The van der Waals surface area contributed by atoms with Gasteiger partial charge in [-0.25, -0.2) is 4.39 Å². The molecule has 7 heteroatoms. The number of nitrogens with one attached hydrogen (secondary N) is 1. The molecule has 0 bridgehead atoms. The number of benzene rings is 2. The fourth-order valence-corrected chi connectivity index (χ4v) is 3.83. The zero-order valence-electron chi connectivity index (χ0n) is 15.9. The number of amides is 1. The fourth-order valence-electron chi connectivity index (χ4n) is 3.83. The van der Waals surface area contributed by atoms with E-state index in [0.29, 0.717) is 17.9 Å². The summed E-state index contributed by atoms with van der Waals surface area (Å²) in [4.78, 5) is 14.3. The molecule has 6 nitrogen and oxygen atoms in total. The molecule has 0 radical (unpaired) electrons. The van der Waals surface area contributed by atoms with Crippen LogP contribution < -0.4 is 10.1 Å². The second-order valence-electron chi connectivity index (χ2n) is 7.56. The van der Waals surface area contributed by atoms with Crippen molar-refractivity contribution < 1.29 is 18.4 Å². The highest BCUT2D eigenvalue weighted by atomic mass is 19.1. The van der Waals surface area contributed by atoms with Gasteiger partial charge in [-0.1, -0.05) is 17.3 Å². The molecule has 1 aromatic heterocycles. The number of likely N-dealkylation sites (tertiary alicyclic amines) is 1. The van der Waals surface area contributed by atoms with Crippen molar-refractivity contribution in [3.63, 3.8) is 0 Å². The van der Waals surface area contributed by atoms with Crippen molar-refractivity contribution in [3.05, 3.63) is 70.9 Å². The highest BCUT2D eigenvalue weighted by molar-refractivity contribution is 6.00. The Labute approximate surface area is 167 Å². The van der Waals surface area contributed by atoms with Gasteiger partial charge in [-0.15, -0.1) is 0 Å². The third-order valence-electron chi connectivity index (χ3n) is 5.32. The summed E-state index contributed by atoms with van der Waals surface area (Å²) in [5.74, 6) is 1.13. The smallest absolute Gasteiger partial charge is 0.251 e. The second-order valence-corrected chi connectivity index (χ2v) is 7.56. The minimum Gasteiger partial charge on any atom is -0.487 e. The lowest BCUT2D eigenvalue weighted by Crippen LogP contribution is -2.53. The summed E-state index contributed by atoms with van der Waals surface area (Å²) in [5.41, 5.74) is 4.10. The molecule has 0 aliphatic carbocycles. The van der Waals surface area contributed by atoms with Crippen molar-refractivity contribution in [2.45, 2.75) is 26.1 Å². The number of hydrogen-bond acceptors (Lipinski definition) is 5. The maximum atomic E-state index is 13.4. The zero-order chi connectivity index (χ0) is 20.0. The van der Waals surface area contributed by atoms with Crippen LogP contribution >= 0.6 is 0 Å². The fraction of sp³-hybridized carbons (Fsp3) is 0.273. The molecule has 2 aromatic carbocycles. The zero-order valence-corrected chi connectivity index (χ0v) is 15.9. The molecule has 0 saturated carbocycles. The Morgan fingerprint density at radius 3 is 2.72 bits per heavy atom. The lowest BCUT2D eigenvalue weighted by molar-refractivity contribution is 0.0136. The summed E-state index contributed by atoms with van der Waals surface area (Å²) in [5, 5.41) is 6.87. The van der Waals surface area contributed by atoms with Crippen molar-refractivity contribution in [1.29, 1.82) is 0 Å². The van der Waals surface area contributed by atoms with Crippen LogP contribution in [0.1, 0.15) is 27.4 Å². The Balaban J connectivity index is 1.35. The SMILES string of the molecule is Cc1cc(CN2CC(Oc3cc4c(cc3-c3ccc(F)cc3)C(=O)NC4)C2)no1. The van der Waals surface area contributed by atoms with Crippen LogP contribution in [0.4, 0.5) is 4.39 Å². The summed E-state index contributed by atoms with van der Waals surface area (Å²) in [6.45, 7) is 4.66. The van der Waals surface area contributed by atoms with E-state index >= 15 is 0 Å². The van der Waals surface area contributed by atoms with Crippen molar-refractivity contribution in [2.75, 3.05) is 13.1 Å². The number of fused-ring (bicyclic) bond motifs is 1. The maximum Gasteiger partial charge on any atom is 0.251 e. The largest absolute Gasteiger partial charge is 0.487 e. The van der Waals surface area contributed by atoms with E-state index < -0.39 is 0 Å². The van der Waals surface area contributed by atoms with E-state index in [1.807, 2.05) is 25.1 Å². The molecule has 5 rings (SSSR count). The van der Waals surface area contributed by atoms with E-state index in [-0.39, 0.29) is 17.8 Å². The van der Waals surface area contributed by atoms with Crippen LogP contribution in [0.3, 0.4) is 0 Å². The van der Waals surface area contributed by atoms with Crippen LogP contribution in [0.15, 0.2) is 47.0 Å². The standard InChI is InChI=1S/C22H20FN3O3/c1-13-6-17(25-29-13)10-26-11-18(12-26)28-21-7-15-9-24-22(27)20(15)8-19(21)14-2-4-16(23)5-3-14/h2-8,18H,9-12H2,1H3,(H,24,27). The minimum absolute atomic E-state index is 0.0466. The number of halogens is 1. The average molecular weight is 393 g/mol. The van der Waals surface area contributed by atoms with Crippen LogP contribution in [-0.4, -0.2) is 35.2 Å². The first-order chi connectivity index (χ1) is 14.0. The summed E-state index contributed by atoms with van der Waals surface area (Å²) in [6, 6.07) is 11.9. The number of aryl methyl sites for hydroxylation is 1. The van der Waals surface area contributed by atoms with Crippen LogP contribution in [0.5, 0.6) is 5.75 Å². The number of carbonyl (C=O) groups excluding carboxylic acids is 1. The molecule has 2 aliphatic heterocycles. The number of hydrogen-bond donors (Lipinski definition) is 1. The molecule has 0 unspecified atom stereocenters. The van der Waals surface area contributed by atoms with E-state index in [9.17, 15) is 9.18 Å². The van der Waals surface area contributed by atoms with Crippen molar-refractivity contribution in [2.24, 2.45) is 0 Å². The molecule has 29 heavy (non-hydrogen) atoms. The predicted octanol–water partition coefficient (Wildman–Crippen LogP) is 3.30. The predicted molar refractivity (Wildman–Crippen MR) is 104 cm³/mol. The van der Waals surface area contributed by atoms with Gasteiger partial charge in [0.15, 0.2) is 0 Å². The summed E-state index contributed by atoms with van der Waals surface area (Å²) >= 11 is 0. The van der Waals surface area contributed by atoms with Gasteiger partial charge in [-0.3, -0.25) is 9.69 Å². The molecule has 2 aliphatic rings. The summed E-state index contributed by atoms with van der Waals surface area (Å²) in [7, 11) is 0. The van der Waals surface area contributed by atoms with Crippen LogP contribution in [0, 0.1) is 12.7 Å². The lowest BCUT2D eigenvalue weighted by atomic mass is 9.98. The Bertz CT molecular complexity index is 1070. The minimum atomic E-state index is -0.298. The summed E-state index contributed by atoms with van der Waals surface area (Å²) < 4.78 is 24.8. The van der Waals surface area contributed by atoms with E-state index in [0.717, 1.165) is 47.8 Å². The van der Waals surface area contributed by atoms with Gasteiger partial charge in [0.2, 0.25) is 0 Å². The average Bonchev–Trinajstić information content (AvgIpc) is 3.25. The molecule has 1 N–H and O–H groups in total. The van der Waals surface area contributed by atoms with Gasteiger partial charge in [0, 0.05) is 43.4 Å². The van der Waals surface area contributed by atoms with Gasteiger partial charge < -0.3 is 14.6 Å². The molecule has 1 amide bonds. The van der Waals surface area contributed by atoms with E-state index in [1.165, 1.54) is 12.1 Å². The van der Waals surface area contributed by atoms with Gasteiger partial charge >= 0.3 is 0 Å². The normalized spacial score (nSPS) is 16.4. The van der Waals surface area contributed by atoms with Crippen molar-refractivity contribution in [3.8, 4) is 16.9 Å². The van der Waals surface area contributed by atoms with Gasteiger partial charge in [-0.05, 0) is 42.3 Å². The van der Waals surface area contributed by atoms with Crippen molar-refractivity contribution >= 4 is 5.91 Å². The number of nitrogens with zero attached hydrogens (tertiary/aromatic N) is 2. The Hall–Kier alpha value is -3.19. The topological polar surface area (TPSA) is 67.6 Å². The third kappa shape index (κ3) is 3.49. The molecule has 3 aromatic rings. The molecule has 0 spiro atoms. The summed E-state index contributed by atoms with van der Waals surface area (Å²) in [6.07, 6.45) is 0.0466. The Morgan fingerprint density at radius 2 is 2.00 bits per heavy atom. The molecule has 1 fully saturated rings. The number of rotatable bonds is 5. The van der Waals surface area contributed by atoms with Crippen LogP contribution in [0.25, 0.3) is 11.1 Å². The second kappa shape index (κ2) is 7.00. The Kier molecular flexibility index (Phi) is 4.32. The molecular formula is C22H20FN3O3. The molecule has 0 atom stereocenters. The number of carbonyl (C=O) groups is 1. The van der Waals surface area contributed by atoms with E-state index in [2.05, 4.69) is 15.4 Å². The maximum absolute atomic E-state index is 13.4. The Morgan fingerprint density at radius 1 is 1.21 bits per heavy atom. The number of ether oxygens (including phenoxy) is 1.